The number of rotatable bonds is 0. The molecule has 1 aliphatic carbocycles. The fourth-order valence-electron chi connectivity index (χ4n) is 2.90. The van der Waals surface area contributed by atoms with Crippen molar-refractivity contribution in [3.05, 3.63) is 35.4 Å². The number of aryl methyl sites for hydroxylation is 1. The largest absolute Gasteiger partial charge is 0.465 e. The Labute approximate surface area is 99.8 Å². The third-order valence-electron chi connectivity index (χ3n) is 3.70. The molecule has 1 amide bonds. The van der Waals surface area contributed by atoms with Gasteiger partial charge in [0.2, 0.25) is 0 Å². The second kappa shape index (κ2) is 4.04. The summed E-state index contributed by atoms with van der Waals surface area (Å²) in [4.78, 5) is 12.7. The zero-order valence-electron chi connectivity index (χ0n) is 9.50. The van der Waals surface area contributed by atoms with E-state index in [1.54, 1.807) is 0 Å². The van der Waals surface area contributed by atoms with E-state index in [1.807, 2.05) is 12.1 Å². The highest BCUT2D eigenvalue weighted by Crippen LogP contribution is 2.37. The van der Waals surface area contributed by atoms with Crippen molar-refractivity contribution in [1.29, 1.82) is 0 Å². The molecule has 1 N–H and O–H groups in total. The first-order valence-corrected chi connectivity index (χ1v) is 5.96. The Kier molecular flexibility index (Phi) is 2.52. The summed E-state index contributed by atoms with van der Waals surface area (Å²) < 4.78 is 5.78. The van der Waals surface area contributed by atoms with Crippen molar-refractivity contribution in [3.8, 4) is 0 Å². The summed E-state index contributed by atoms with van der Waals surface area (Å²) in [6, 6.07) is 8.16. The van der Waals surface area contributed by atoms with Gasteiger partial charge >= 0.3 is 6.09 Å². The van der Waals surface area contributed by atoms with E-state index in [2.05, 4.69) is 12.1 Å². The van der Waals surface area contributed by atoms with Crippen LogP contribution in [-0.4, -0.2) is 35.3 Å². The summed E-state index contributed by atoms with van der Waals surface area (Å²) in [5.74, 6) is 0. The zero-order chi connectivity index (χ0) is 11.8. The highest BCUT2D eigenvalue weighted by Gasteiger charge is 2.39. The molecule has 1 fully saturated rings. The number of morpholine rings is 1. The molecule has 0 saturated carbocycles. The predicted octanol–water partition coefficient (Wildman–Crippen LogP) is 2.05. The lowest BCUT2D eigenvalue weighted by atomic mass is 9.84. The first-order valence-electron chi connectivity index (χ1n) is 5.96. The summed E-state index contributed by atoms with van der Waals surface area (Å²) in [6.07, 6.45) is 0.880. The minimum atomic E-state index is -0.831. The molecule has 3 rings (SSSR count). The van der Waals surface area contributed by atoms with Gasteiger partial charge in [-0.1, -0.05) is 24.3 Å². The van der Waals surface area contributed by atoms with Gasteiger partial charge in [-0.25, -0.2) is 4.79 Å². The molecule has 1 heterocycles. The van der Waals surface area contributed by atoms with Gasteiger partial charge in [0.05, 0.1) is 12.6 Å². The molecular formula is C13H15NO3. The van der Waals surface area contributed by atoms with E-state index in [-0.39, 0.29) is 12.1 Å². The monoisotopic (exact) mass is 233 g/mol. The van der Waals surface area contributed by atoms with Gasteiger partial charge in [-0.05, 0) is 24.0 Å². The van der Waals surface area contributed by atoms with E-state index in [0.717, 1.165) is 18.4 Å². The van der Waals surface area contributed by atoms with E-state index in [0.29, 0.717) is 13.2 Å². The van der Waals surface area contributed by atoms with Crippen molar-refractivity contribution in [3.63, 3.8) is 0 Å². The minimum Gasteiger partial charge on any atom is -0.465 e. The summed E-state index contributed by atoms with van der Waals surface area (Å²) >= 11 is 0. The number of carbonyl (C=O) groups is 1. The highest BCUT2D eigenvalue weighted by molar-refractivity contribution is 5.66. The van der Waals surface area contributed by atoms with E-state index < -0.39 is 6.09 Å². The number of carboxylic acid groups (broad SMARTS) is 1. The Morgan fingerprint density at radius 2 is 2.24 bits per heavy atom. The molecule has 0 bridgehead atoms. The fourth-order valence-corrected chi connectivity index (χ4v) is 2.90. The number of benzene rings is 1. The van der Waals surface area contributed by atoms with Crippen LogP contribution < -0.4 is 0 Å². The highest BCUT2D eigenvalue weighted by atomic mass is 16.5. The van der Waals surface area contributed by atoms with Gasteiger partial charge in [0.1, 0.15) is 6.10 Å². The Hall–Kier alpha value is -1.55. The molecule has 1 aromatic rings. The lowest BCUT2D eigenvalue weighted by Crippen LogP contribution is -2.51. The maximum atomic E-state index is 11.2. The zero-order valence-corrected chi connectivity index (χ0v) is 9.50. The fraction of sp³-hybridized carbons (Fsp3) is 0.462. The molecular weight excluding hydrogens is 218 g/mol. The summed E-state index contributed by atoms with van der Waals surface area (Å²) in [7, 11) is 0. The van der Waals surface area contributed by atoms with Crippen LogP contribution in [0.25, 0.3) is 0 Å². The molecule has 1 aromatic carbocycles. The topological polar surface area (TPSA) is 49.8 Å². The van der Waals surface area contributed by atoms with Gasteiger partial charge in [-0.3, -0.25) is 0 Å². The molecule has 17 heavy (non-hydrogen) atoms. The van der Waals surface area contributed by atoms with Crippen molar-refractivity contribution < 1.29 is 14.6 Å². The van der Waals surface area contributed by atoms with Crippen LogP contribution in [-0.2, 0) is 11.2 Å². The molecule has 1 aliphatic heterocycles. The summed E-state index contributed by atoms with van der Waals surface area (Å²) in [6.45, 7) is 0.973. The van der Waals surface area contributed by atoms with Gasteiger partial charge < -0.3 is 14.7 Å². The van der Waals surface area contributed by atoms with Crippen LogP contribution in [0.1, 0.15) is 23.7 Å². The number of ether oxygens (including phenoxy) is 1. The van der Waals surface area contributed by atoms with Crippen LogP contribution in [0, 0.1) is 0 Å². The van der Waals surface area contributed by atoms with E-state index in [4.69, 9.17) is 4.74 Å². The molecule has 2 atom stereocenters. The van der Waals surface area contributed by atoms with Gasteiger partial charge in [0, 0.05) is 6.54 Å². The van der Waals surface area contributed by atoms with E-state index >= 15 is 0 Å². The normalized spacial score (nSPS) is 27.2. The first-order chi connectivity index (χ1) is 8.27. The molecule has 90 valence electrons. The maximum Gasteiger partial charge on any atom is 0.407 e. The average molecular weight is 233 g/mol. The SMILES string of the molecule is O=C(O)N1CCO[C@@H]2c3ccccc3CC[C@@H]21. The number of hydrogen-bond donors (Lipinski definition) is 1. The molecule has 0 spiro atoms. The van der Waals surface area contributed by atoms with Crippen LogP contribution in [0.3, 0.4) is 0 Å². The second-order valence-electron chi connectivity index (χ2n) is 4.57. The number of fused-ring (bicyclic) bond motifs is 3. The van der Waals surface area contributed by atoms with Crippen molar-refractivity contribution in [2.75, 3.05) is 13.2 Å². The number of nitrogens with zero attached hydrogens (tertiary/aromatic N) is 1. The Bertz CT molecular complexity index is 446. The third kappa shape index (κ3) is 1.69. The number of hydrogen-bond acceptors (Lipinski definition) is 2. The van der Waals surface area contributed by atoms with Crippen LogP contribution in [0.4, 0.5) is 4.79 Å². The molecule has 0 radical (unpaired) electrons. The predicted molar refractivity (Wildman–Crippen MR) is 62.0 cm³/mol. The quantitative estimate of drug-likeness (QED) is 0.746. The van der Waals surface area contributed by atoms with Gasteiger partial charge in [0.15, 0.2) is 0 Å². The van der Waals surface area contributed by atoms with Gasteiger partial charge in [0.25, 0.3) is 0 Å². The van der Waals surface area contributed by atoms with Crippen LogP contribution in [0.5, 0.6) is 0 Å². The molecule has 0 aromatic heterocycles. The van der Waals surface area contributed by atoms with E-state index in [1.165, 1.54) is 10.5 Å². The minimum absolute atomic E-state index is 0.0175. The average Bonchev–Trinajstić information content (AvgIpc) is 2.37. The summed E-state index contributed by atoms with van der Waals surface area (Å²) in [5.41, 5.74) is 2.45. The molecule has 4 heteroatoms. The molecule has 2 aliphatic rings. The lowest BCUT2D eigenvalue weighted by molar-refractivity contribution is -0.0698. The first kappa shape index (κ1) is 10.6. The van der Waals surface area contributed by atoms with Crippen molar-refractivity contribution in [2.45, 2.75) is 25.0 Å². The smallest absolute Gasteiger partial charge is 0.407 e. The Balaban J connectivity index is 1.96. The van der Waals surface area contributed by atoms with Crippen molar-refractivity contribution in [2.24, 2.45) is 0 Å². The third-order valence-corrected chi connectivity index (χ3v) is 3.70. The Morgan fingerprint density at radius 1 is 1.41 bits per heavy atom. The maximum absolute atomic E-state index is 11.2. The van der Waals surface area contributed by atoms with Crippen LogP contribution in [0.2, 0.25) is 0 Å². The molecule has 4 nitrogen and oxygen atoms in total. The van der Waals surface area contributed by atoms with Crippen LogP contribution in [0.15, 0.2) is 24.3 Å². The van der Waals surface area contributed by atoms with Crippen molar-refractivity contribution >= 4 is 6.09 Å². The number of amides is 1. The van der Waals surface area contributed by atoms with Gasteiger partial charge in [-0.15, -0.1) is 0 Å². The standard InChI is InChI=1S/C13H15NO3/c15-13(16)14-7-8-17-12-10-4-2-1-3-9(10)5-6-11(12)14/h1-4,11-12H,5-8H2,(H,15,16)/t11-,12+/m0/s1. The van der Waals surface area contributed by atoms with Crippen molar-refractivity contribution in [1.82, 2.24) is 4.90 Å². The van der Waals surface area contributed by atoms with Gasteiger partial charge in [-0.2, -0.15) is 0 Å². The molecule has 0 unspecified atom stereocenters. The Morgan fingerprint density at radius 3 is 3.06 bits per heavy atom. The van der Waals surface area contributed by atoms with Crippen LogP contribution >= 0.6 is 0 Å². The second-order valence-corrected chi connectivity index (χ2v) is 4.57. The molecule has 1 saturated heterocycles. The summed E-state index contributed by atoms with van der Waals surface area (Å²) in [5, 5.41) is 9.20. The van der Waals surface area contributed by atoms with E-state index in [9.17, 15) is 9.90 Å². The lowest BCUT2D eigenvalue weighted by Gasteiger charge is -2.43.